The lowest BCUT2D eigenvalue weighted by Gasteiger charge is -2.07. The molecule has 3 N–H and O–H groups in total. The fourth-order valence-electron chi connectivity index (χ4n) is 1.88. The lowest BCUT2D eigenvalue weighted by atomic mass is 10.1. The number of nitrogens with two attached hydrogens (primary N) is 1. The smallest absolute Gasteiger partial charge is 0.320 e. The summed E-state index contributed by atoms with van der Waals surface area (Å²) in [5, 5.41) is 8.82. The van der Waals surface area contributed by atoms with E-state index in [4.69, 9.17) is 10.8 Å². The molecule has 2 rings (SSSR count). The van der Waals surface area contributed by atoms with Crippen LogP contribution in [0.3, 0.4) is 0 Å². The summed E-state index contributed by atoms with van der Waals surface area (Å²) in [6.45, 7) is 1.92. The maximum absolute atomic E-state index is 10.8. The minimum Gasteiger partial charge on any atom is -0.480 e. The number of carboxylic acids is 1. The van der Waals surface area contributed by atoms with Crippen molar-refractivity contribution in [3.63, 3.8) is 0 Å². The van der Waals surface area contributed by atoms with Crippen LogP contribution in [0.15, 0.2) is 18.2 Å². The molecule has 90 valence electrons. The number of aryl methyl sites for hydroxylation is 2. The predicted molar refractivity (Wildman–Crippen MR) is 64.8 cm³/mol. The zero-order valence-electron chi connectivity index (χ0n) is 9.84. The van der Waals surface area contributed by atoms with E-state index in [1.807, 2.05) is 36.7 Å². The van der Waals surface area contributed by atoms with Gasteiger partial charge >= 0.3 is 5.97 Å². The lowest BCUT2D eigenvalue weighted by Crippen LogP contribution is -2.32. The van der Waals surface area contributed by atoms with Gasteiger partial charge in [-0.1, -0.05) is 12.1 Å². The highest BCUT2D eigenvalue weighted by molar-refractivity contribution is 5.81. The highest BCUT2D eigenvalue weighted by atomic mass is 16.4. The van der Waals surface area contributed by atoms with Crippen LogP contribution in [0.5, 0.6) is 0 Å². The van der Waals surface area contributed by atoms with Crippen molar-refractivity contribution in [2.45, 2.75) is 19.4 Å². The van der Waals surface area contributed by atoms with Crippen LogP contribution in [0.1, 0.15) is 11.4 Å². The molecule has 0 fully saturated rings. The standard InChI is InChI=1S/C12H15N3O2/c1-7-14-11-8(6-9(13)12(16)17)4-3-5-10(11)15(7)2/h3-5,9H,6,13H2,1-2H3,(H,16,17). The van der Waals surface area contributed by atoms with Gasteiger partial charge in [0.15, 0.2) is 0 Å². The summed E-state index contributed by atoms with van der Waals surface area (Å²) in [6.07, 6.45) is 0.295. The number of hydrogen-bond donors (Lipinski definition) is 2. The molecule has 1 atom stereocenters. The molecule has 17 heavy (non-hydrogen) atoms. The Balaban J connectivity index is 2.48. The second-order valence-corrected chi connectivity index (χ2v) is 4.15. The number of benzene rings is 1. The average Bonchev–Trinajstić information content (AvgIpc) is 2.57. The molecule has 0 bridgehead atoms. The van der Waals surface area contributed by atoms with Gasteiger partial charge in [0.1, 0.15) is 11.9 Å². The molecule has 1 unspecified atom stereocenters. The van der Waals surface area contributed by atoms with Gasteiger partial charge in [-0.15, -0.1) is 0 Å². The Kier molecular flexibility index (Phi) is 2.85. The summed E-state index contributed by atoms with van der Waals surface area (Å²) in [4.78, 5) is 15.2. The molecule has 1 aromatic heterocycles. The number of aliphatic carboxylic acids is 1. The molecule has 5 nitrogen and oxygen atoms in total. The molecule has 0 aliphatic carbocycles. The quantitative estimate of drug-likeness (QED) is 0.823. The van der Waals surface area contributed by atoms with Gasteiger partial charge < -0.3 is 15.4 Å². The monoisotopic (exact) mass is 233 g/mol. The number of imidazole rings is 1. The Hall–Kier alpha value is -1.88. The summed E-state index contributed by atoms with van der Waals surface area (Å²) >= 11 is 0. The van der Waals surface area contributed by atoms with Gasteiger partial charge in [0.25, 0.3) is 0 Å². The molecular weight excluding hydrogens is 218 g/mol. The van der Waals surface area contributed by atoms with Gasteiger partial charge in [0, 0.05) is 13.5 Å². The number of hydrogen-bond acceptors (Lipinski definition) is 3. The van der Waals surface area contributed by atoms with Crippen LogP contribution in [-0.2, 0) is 18.3 Å². The van der Waals surface area contributed by atoms with E-state index in [0.717, 1.165) is 22.4 Å². The lowest BCUT2D eigenvalue weighted by molar-refractivity contribution is -0.138. The molecular formula is C12H15N3O2. The van der Waals surface area contributed by atoms with Gasteiger partial charge in [0.05, 0.1) is 11.0 Å². The molecule has 0 amide bonds. The molecule has 0 spiro atoms. The third kappa shape index (κ3) is 2.01. The molecule has 0 aliphatic rings. The molecule has 5 heteroatoms. The zero-order valence-corrected chi connectivity index (χ0v) is 9.84. The third-order valence-corrected chi connectivity index (χ3v) is 2.98. The Morgan fingerprint density at radius 2 is 2.29 bits per heavy atom. The molecule has 0 aliphatic heterocycles. The molecule has 0 radical (unpaired) electrons. The van der Waals surface area contributed by atoms with Crippen molar-refractivity contribution in [2.24, 2.45) is 12.8 Å². The van der Waals surface area contributed by atoms with Crippen LogP contribution in [-0.4, -0.2) is 26.7 Å². The predicted octanol–water partition coefficient (Wildman–Crippen LogP) is 0.836. The van der Waals surface area contributed by atoms with Gasteiger partial charge in [-0.25, -0.2) is 4.98 Å². The van der Waals surface area contributed by atoms with Crippen LogP contribution in [0, 0.1) is 6.92 Å². The van der Waals surface area contributed by atoms with Crippen molar-refractivity contribution < 1.29 is 9.90 Å². The SMILES string of the molecule is Cc1nc2c(CC(N)C(=O)O)cccc2n1C. The van der Waals surface area contributed by atoms with Gasteiger partial charge in [-0.3, -0.25) is 4.79 Å². The maximum atomic E-state index is 10.8. The Bertz CT molecular complexity index is 574. The fourth-order valence-corrected chi connectivity index (χ4v) is 1.88. The first-order valence-corrected chi connectivity index (χ1v) is 5.40. The Labute approximate surface area is 98.9 Å². The molecule has 2 aromatic rings. The minimum absolute atomic E-state index is 0.295. The van der Waals surface area contributed by atoms with E-state index in [2.05, 4.69) is 4.98 Å². The van der Waals surface area contributed by atoms with Crippen LogP contribution in [0.2, 0.25) is 0 Å². The van der Waals surface area contributed by atoms with Crippen molar-refractivity contribution in [1.29, 1.82) is 0 Å². The first kappa shape index (κ1) is 11.6. The van der Waals surface area contributed by atoms with Gasteiger partial charge in [0.2, 0.25) is 0 Å². The number of rotatable bonds is 3. The van der Waals surface area contributed by atoms with Gasteiger partial charge in [-0.05, 0) is 18.6 Å². The molecule has 0 saturated carbocycles. The topological polar surface area (TPSA) is 81.1 Å². The van der Waals surface area contributed by atoms with E-state index in [0.29, 0.717) is 6.42 Å². The van der Waals surface area contributed by atoms with E-state index >= 15 is 0 Å². The Morgan fingerprint density at radius 3 is 2.94 bits per heavy atom. The Morgan fingerprint density at radius 1 is 1.59 bits per heavy atom. The van der Waals surface area contributed by atoms with Crippen molar-refractivity contribution in [1.82, 2.24) is 9.55 Å². The van der Waals surface area contributed by atoms with E-state index < -0.39 is 12.0 Å². The zero-order chi connectivity index (χ0) is 12.6. The second kappa shape index (κ2) is 4.18. The van der Waals surface area contributed by atoms with Crippen molar-refractivity contribution in [3.05, 3.63) is 29.6 Å². The van der Waals surface area contributed by atoms with E-state index in [9.17, 15) is 4.79 Å². The molecule has 0 saturated heterocycles. The fraction of sp³-hybridized carbons (Fsp3) is 0.333. The van der Waals surface area contributed by atoms with Crippen LogP contribution >= 0.6 is 0 Å². The second-order valence-electron chi connectivity index (χ2n) is 4.15. The third-order valence-electron chi connectivity index (χ3n) is 2.98. The number of para-hydroxylation sites is 1. The summed E-state index contributed by atoms with van der Waals surface area (Å²) in [7, 11) is 1.94. The first-order chi connectivity index (χ1) is 8.00. The summed E-state index contributed by atoms with van der Waals surface area (Å²) < 4.78 is 1.98. The van der Waals surface area contributed by atoms with Crippen LogP contribution in [0.4, 0.5) is 0 Å². The highest BCUT2D eigenvalue weighted by Crippen LogP contribution is 2.19. The molecule has 1 aromatic carbocycles. The number of aromatic nitrogens is 2. The van der Waals surface area contributed by atoms with E-state index in [1.165, 1.54) is 0 Å². The van der Waals surface area contributed by atoms with Crippen molar-refractivity contribution in [3.8, 4) is 0 Å². The number of nitrogens with zero attached hydrogens (tertiary/aromatic N) is 2. The number of fused-ring (bicyclic) bond motifs is 1. The largest absolute Gasteiger partial charge is 0.480 e. The van der Waals surface area contributed by atoms with Crippen LogP contribution < -0.4 is 5.73 Å². The minimum atomic E-state index is -0.991. The maximum Gasteiger partial charge on any atom is 0.320 e. The van der Waals surface area contributed by atoms with Gasteiger partial charge in [-0.2, -0.15) is 0 Å². The van der Waals surface area contributed by atoms with Crippen molar-refractivity contribution in [2.75, 3.05) is 0 Å². The number of carboxylic acid groups (broad SMARTS) is 1. The first-order valence-electron chi connectivity index (χ1n) is 5.40. The average molecular weight is 233 g/mol. The molecule has 1 heterocycles. The highest BCUT2D eigenvalue weighted by Gasteiger charge is 2.15. The summed E-state index contributed by atoms with van der Waals surface area (Å²) in [5.41, 5.74) is 8.26. The number of carbonyl (C=O) groups is 1. The summed E-state index contributed by atoms with van der Waals surface area (Å²) in [6, 6.07) is 4.85. The normalized spacial score (nSPS) is 12.9. The van der Waals surface area contributed by atoms with Crippen LogP contribution in [0.25, 0.3) is 11.0 Å². The van der Waals surface area contributed by atoms with Crippen molar-refractivity contribution >= 4 is 17.0 Å². The van der Waals surface area contributed by atoms with E-state index in [-0.39, 0.29) is 0 Å². The summed E-state index contributed by atoms with van der Waals surface area (Å²) in [5.74, 6) is -0.0917. The van der Waals surface area contributed by atoms with E-state index in [1.54, 1.807) is 0 Å².